The van der Waals surface area contributed by atoms with Gasteiger partial charge in [0.2, 0.25) is 5.91 Å². The number of anilines is 1. The summed E-state index contributed by atoms with van der Waals surface area (Å²) in [6, 6.07) is 22.0. The predicted octanol–water partition coefficient (Wildman–Crippen LogP) is 4.50. The third-order valence-corrected chi connectivity index (χ3v) is 4.90. The molecule has 0 aromatic heterocycles. The Morgan fingerprint density at radius 3 is 2.37 bits per heavy atom. The summed E-state index contributed by atoms with van der Waals surface area (Å²) in [6.45, 7) is 0.518. The zero-order chi connectivity index (χ0) is 21.3. The summed E-state index contributed by atoms with van der Waals surface area (Å²) in [7, 11) is 1.59. The third-order valence-electron chi connectivity index (χ3n) is 4.57. The minimum atomic E-state index is -0.219. The Hall–Kier alpha value is -3.31. The van der Waals surface area contributed by atoms with Gasteiger partial charge in [-0.05, 0) is 47.9 Å². The molecule has 0 radical (unpaired) electrons. The summed E-state index contributed by atoms with van der Waals surface area (Å²) in [6.07, 6.45) is 0.930. The Morgan fingerprint density at radius 2 is 1.67 bits per heavy atom. The second kappa shape index (κ2) is 10.5. The van der Waals surface area contributed by atoms with E-state index in [0.29, 0.717) is 22.8 Å². The van der Waals surface area contributed by atoms with Crippen molar-refractivity contribution < 1.29 is 14.3 Å². The number of benzene rings is 3. The van der Waals surface area contributed by atoms with Crippen LogP contribution in [0.25, 0.3) is 0 Å². The molecule has 0 aliphatic rings. The zero-order valence-corrected chi connectivity index (χ0v) is 17.4. The summed E-state index contributed by atoms with van der Waals surface area (Å²) in [5.41, 5.74) is 2.85. The van der Waals surface area contributed by atoms with Gasteiger partial charge in [-0.3, -0.25) is 9.59 Å². The van der Waals surface area contributed by atoms with Crippen molar-refractivity contribution in [2.75, 3.05) is 19.0 Å². The number of carbonyl (C=O) groups is 2. The standard InChI is InChI=1S/C24H23ClN2O3/c1-30-20-10-7-18(8-11-20)15-23(28)27-22-16-19(9-12-21(22)25)24(29)26-14-13-17-5-3-2-4-6-17/h2-12,16H,13-15H2,1H3,(H,26,29)(H,27,28). The molecular weight excluding hydrogens is 400 g/mol. The molecular formula is C24H23ClN2O3. The van der Waals surface area contributed by atoms with Gasteiger partial charge in [0.1, 0.15) is 5.75 Å². The Labute approximate surface area is 181 Å². The first-order valence-corrected chi connectivity index (χ1v) is 9.97. The van der Waals surface area contributed by atoms with Gasteiger partial charge in [-0.15, -0.1) is 0 Å². The molecule has 0 fully saturated rings. The molecule has 3 rings (SSSR count). The van der Waals surface area contributed by atoms with Crippen molar-refractivity contribution in [3.63, 3.8) is 0 Å². The maximum Gasteiger partial charge on any atom is 0.251 e. The monoisotopic (exact) mass is 422 g/mol. The molecule has 3 aromatic carbocycles. The molecule has 0 saturated heterocycles. The molecule has 3 aromatic rings. The fourth-order valence-corrected chi connectivity index (χ4v) is 3.12. The van der Waals surface area contributed by atoms with E-state index in [1.165, 1.54) is 0 Å². The third kappa shape index (κ3) is 6.09. The molecule has 0 heterocycles. The second-order valence-electron chi connectivity index (χ2n) is 6.76. The van der Waals surface area contributed by atoms with E-state index in [-0.39, 0.29) is 18.2 Å². The fourth-order valence-electron chi connectivity index (χ4n) is 2.95. The van der Waals surface area contributed by atoms with E-state index in [1.54, 1.807) is 37.4 Å². The van der Waals surface area contributed by atoms with Crippen LogP contribution in [-0.2, 0) is 17.6 Å². The van der Waals surface area contributed by atoms with Gasteiger partial charge in [-0.2, -0.15) is 0 Å². The van der Waals surface area contributed by atoms with Gasteiger partial charge in [0, 0.05) is 12.1 Å². The number of hydrogen-bond acceptors (Lipinski definition) is 3. The maximum atomic E-state index is 12.5. The molecule has 0 atom stereocenters. The van der Waals surface area contributed by atoms with Gasteiger partial charge < -0.3 is 15.4 Å². The van der Waals surface area contributed by atoms with E-state index < -0.39 is 0 Å². The van der Waals surface area contributed by atoms with Gasteiger partial charge in [0.05, 0.1) is 24.2 Å². The summed E-state index contributed by atoms with van der Waals surface area (Å²) in [5.74, 6) is 0.296. The lowest BCUT2D eigenvalue weighted by Gasteiger charge is -2.11. The van der Waals surface area contributed by atoms with Gasteiger partial charge in [-0.1, -0.05) is 54.1 Å². The number of carbonyl (C=O) groups excluding carboxylic acids is 2. The van der Waals surface area contributed by atoms with E-state index in [4.69, 9.17) is 16.3 Å². The lowest BCUT2D eigenvalue weighted by Crippen LogP contribution is -2.26. The highest BCUT2D eigenvalue weighted by molar-refractivity contribution is 6.33. The molecule has 0 aliphatic heterocycles. The number of amides is 2. The number of hydrogen-bond donors (Lipinski definition) is 2. The first-order valence-electron chi connectivity index (χ1n) is 9.59. The average Bonchev–Trinajstić information content (AvgIpc) is 2.76. The largest absolute Gasteiger partial charge is 0.497 e. The molecule has 2 amide bonds. The number of methoxy groups -OCH3 is 1. The molecule has 2 N–H and O–H groups in total. The van der Waals surface area contributed by atoms with Crippen LogP contribution in [0.4, 0.5) is 5.69 Å². The molecule has 0 unspecified atom stereocenters. The van der Waals surface area contributed by atoms with Crippen molar-refractivity contribution in [1.29, 1.82) is 0 Å². The minimum Gasteiger partial charge on any atom is -0.497 e. The quantitative estimate of drug-likeness (QED) is 0.561. The van der Waals surface area contributed by atoms with Crippen LogP contribution >= 0.6 is 11.6 Å². The van der Waals surface area contributed by atoms with Crippen LogP contribution in [0.15, 0.2) is 72.8 Å². The molecule has 6 heteroatoms. The van der Waals surface area contributed by atoms with Gasteiger partial charge in [0.25, 0.3) is 5.91 Å². The first kappa shape index (κ1) is 21.4. The van der Waals surface area contributed by atoms with E-state index in [1.807, 2.05) is 42.5 Å². The second-order valence-corrected chi connectivity index (χ2v) is 7.17. The van der Waals surface area contributed by atoms with Crippen molar-refractivity contribution >= 4 is 29.1 Å². The Morgan fingerprint density at radius 1 is 0.933 bits per heavy atom. The van der Waals surface area contributed by atoms with Crippen LogP contribution in [0.5, 0.6) is 5.75 Å². The van der Waals surface area contributed by atoms with Gasteiger partial charge >= 0.3 is 0 Å². The van der Waals surface area contributed by atoms with Crippen molar-refractivity contribution in [2.45, 2.75) is 12.8 Å². The summed E-state index contributed by atoms with van der Waals surface area (Å²) >= 11 is 6.21. The molecule has 0 spiro atoms. The van der Waals surface area contributed by atoms with E-state index in [0.717, 1.165) is 23.3 Å². The van der Waals surface area contributed by atoms with Crippen LogP contribution in [0, 0.1) is 0 Å². The van der Waals surface area contributed by atoms with E-state index in [2.05, 4.69) is 10.6 Å². The summed E-state index contributed by atoms with van der Waals surface area (Å²) < 4.78 is 5.12. The summed E-state index contributed by atoms with van der Waals surface area (Å²) in [5, 5.41) is 6.05. The van der Waals surface area contributed by atoms with E-state index in [9.17, 15) is 9.59 Å². The van der Waals surface area contributed by atoms with Crippen LogP contribution in [0.3, 0.4) is 0 Å². The topological polar surface area (TPSA) is 67.4 Å². The van der Waals surface area contributed by atoms with Crippen molar-refractivity contribution in [3.05, 3.63) is 94.5 Å². The fraction of sp³-hybridized carbons (Fsp3) is 0.167. The van der Waals surface area contributed by atoms with Gasteiger partial charge in [-0.25, -0.2) is 0 Å². The number of halogens is 1. The number of rotatable bonds is 8. The van der Waals surface area contributed by atoms with Crippen molar-refractivity contribution in [3.8, 4) is 5.75 Å². The molecule has 0 aliphatic carbocycles. The normalized spacial score (nSPS) is 10.3. The minimum absolute atomic E-state index is 0.188. The number of ether oxygens (including phenoxy) is 1. The SMILES string of the molecule is COc1ccc(CC(=O)Nc2cc(C(=O)NCCc3ccccc3)ccc2Cl)cc1. The van der Waals surface area contributed by atoms with Crippen LogP contribution in [0.1, 0.15) is 21.5 Å². The lowest BCUT2D eigenvalue weighted by atomic mass is 10.1. The Bertz CT molecular complexity index is 1000. The van der Waals surface area contributed by atoms with E-state index >= 15 is 0 Å². The van der Waals surface area contributed by atoms with Crippen LogP contribution in [-0.4, -0.2) is 25.5 Å². The Balaban J connectivity index is 1.58. The molecule has 30 heavy (non-hydrogen) atoms. The molecule has 5 nitrogen and oxygen atoms in total. The highest BCUT2D eigenvalue weighted by Gasteiger charge is 2.12. The zero-order valence-electron chi connectivity index (χ0n) is 16.7. The van der Waals surface area contributed by atoms with Crippen LogP contribution in [0.2, 0.25) is 5.02 Å². The maximum absolute atomic E-state index is 12.5. The summed E-state index contributed by atoms with van der Waals surface area (Å²) in [4.78, 5) is 24.9. The number of nitrogens with one attached hydrogen (secondary N) is 2. The molecule has 154 valence electrons. The predicted molar refractivity (Wildman–Crippen MR) is 119 cm³/mol. The molecule has 0 saturated carbocycles. The molecule has 0 bridgehead atoms. The highest BCUT2D eigenvalue weighted by Crippen LogP contribution is 2.23. The first-order chi connectivity index (χ1) is 14.5. The van der Waals surface area contributed by atoms with Crippen LogP contribution < -0.4 is 15.4 Å². The lowest BCUT2D eigenvalue weighted by molar-refractivity contribution is -0.115. The highest BCUT2D eigenvalue weighted by atomic mass is 35.5. The van der Waals surface area contributed by atoms with Crippen molar-refractivity contribution in [2.24, 2.45) is 0 Å². The average molecular weight is 423 g/mol. The smallest absolute Gasteiger partial charge is 0.251 e. The van der Waals surface area contributed by atoms with Gasteiger partial charge in [0.15, 0.2) is 0 Å². The van der Waals surface area contributed by atoms with Crippen molar-refractivity contribution in [1.82, 2.24) is 5.32 Å². The Kier molecular flexibility index (Phi) is 7.46.